The van der Waals surface area contributed by atoms with Crippen LogP contribution in [-0.4, -0.2) is 19.2 Å². The van der Waals surface area contributed by atoms with E-state index in [9.17, 15) is 9.59 Å². The van der Waals surface area contributed by atoms with Crippen molar-refractivity contribution in [3.8, 4) is 0 Å². The summed E-state index contributed by atoms with van der Waals surface area (Å²) in [5.41, 5.74) is 1.76. The normalized spacial score (nSPS) is 9.89. The van der Waals surface area contributed by atoms with Crippen molar-refractivity contribution in [2.75, 3.05) is 17.2 Å². The summed E-state index contributed by atoms with van der Waals surface area (Å²) < 4.78 is 0. The van der Waals surface area contributed by atoms with E-state index in [1.54, 1.807) is 0 Å². The number of aldehydes is 1. The number of carbonyl (C=O) groups excluding carboxylic acids is 2. The Morgan fingerprint density at radius 3 is 2.32 bits per heavy atom. The van der Waals surface area contributed by atoms with Gasteiger partial charge in [0.2, 0.25) is 6.41 Å². The highest BCUT2D eigenvalue weighted by Gasteiger charge is 1.99. The van der Waals surface area contributed by atoms with E-state index < -0.39 is 0 Å². The number of rotatable bonds is 11. The molecule has 0 atom stereocenters. The summed E-state index contributed by atoms with van der Waals surface area (Å²) in [7, 11) is 0. The van der Waals surface area contributed by atoms with Gasteiger partial charge in [0, 0.05) is 13.0 Å². The van der Waals surface area contributed by atoms with E-state index in [1.807, 2.05) is 24.3 Å². The van der Waals surface area contributed by atoms with Crippen LogP contribution in [0.4, 0.5) is 11.4 Å². The van der Waals surface area contributed by atoms with Crippen molar-refractivity contribution in [1.82, 2.24) is 0 Å². The third-order valence-corrected chi connectivity index (χ3v) is 2.96. The standard InChI is InChI=1S/C15H22N2O2/c18-12-8-4-2-1-3-7-11-16-14-9-5-6-10-15(14)17-13-19/h5-6,9-10,12-13,16H,1-4,7-8,11H2,(H,17,19). The van der Waals surface area contributed by atoms with Crippen molar-refractivity contribution in [3.05, 3.63) is 24.3 Å². The number of hydrogen-bond acceptors (Lipinski definition) is 3. The Hall–Kier alpha value is -1.84. The van der Waals surface area contributed by atoms with Crippen molar-refractivity contribution >= 4 is 24.1 Å². The van der Waals surface area contributed by atoms with Gasteiger partial charge in [-0.1, -0.05) is 31.4 Å². The summed E-state index contributed by atoms with van der Waals surface area (Å²) in [5.74, 6) is 0. The number of anilines is 2. The molecule has 0 unspecified atom stereocenters. The Labute approximate surface area is 114 Å². The van der Waals surface area contributed by atoms with Gasteiger partial charge in [-0.3, -0.25) is 4.79 Å². The van der Waals surface area contributed by atoms with Gasteiger partial charge in [0.25, 0.3) is 0 Å². The molecule has 0 aliphatic rings. The molecule has 0 saturated carbocycles. The zero-order valence-electron chi connectivity index (χ0n) is 11.2. The lowest BCUT2D eigenvalue weighted by molar-refractivity contribution is -0.108. The van der Waals surface area contributed by atoms with Gasteiger partial charge in [-0.25, -0.2) is 0 Å². The molecule has 0 radical (unpaired) electrons. The smallest absolute Gasteiger partial charge is 0.211 e. The Morgan fingerprint density at radius 1 is 0.895 bits per heavy atom. The molecular weight excluding hydrogens is 240 g/mol. The Bertz CT molecular complexity index is 380. The fourth-order valence-corrected chi connectivity index (χ4v) is 1.93. The molecule has 0 spiro atoms. The zero-order valence-corrected chi connectivity index (χ0v) is 11.2. The minimum absolute atomic E-state index is 0.684. The molecule has 1 rings (SSSR count). The molecule has 0 heterocycles. The maximum Gasteiger partial charge on any atom is 0.211 e. The second-order valence-corrected chi connectivity index (χ2v) is 4.46. The van der Waals surface area contributed by atoms with E-state index >= 15 is 0 Å². The number of amides is 1. The van der Waals surface area contributed by atoms with Gasteiger partial charge in [0.05, 0.1) is 11.4 Å². The highest BCUT2D eigenvalue weighted by atomic mass is 16.1. The minimum Gasteiger partial charge on any atom is -0.383 e. The molecule has 0 aliphatic carbocycles. The van der Waals surface area contributed by atoms with Gasteiger partial charge in [-0.05, 0) is 25.0 Å². The molecule has 1 aromatic carbocycles. The summed E-state index contributed by atoms with van der Waals surface area (Å²) in [4.78, 5) is 20.6. The van der Waals surface area contributed by atoms with Crippen LogP contribution in [0.25, 0.3) is 0 Å². The zero-order chi connectivity index (χ0) is 13.8. The van der Waals surface area contributed by atoms with Crippen LogP contribution in [0.5, 0.6) is 0 Å². The number of carbonyl (C=O) groups is 2. The maximum atomic E-state index is 10.5. The van der Waals surface area contributed by atoms with E-state index in [0.717, 1.165) is 49.9 Å². The number of unbranched alkanes of at least 4 members (excludes halogenated alkanes) is 5. The SMILES string of the molecule is O=CCCCCCCCNc1ccccc1NC=O. The topological polar surface area (TPSA) is 58.2 Å². The molecule has 0 saturated heterocycles. The number of benzene rings is 1. The molecular formula is C15H22N2O2. The molecule has 4 heteroatoms. The molecule has 2 N–H and O–H groups in total. The fraction of sp³-hybridized carbons (Fsp3) is 0.467. The number of nitrogens with one attached hydrogen (secondary N) is 2. The molecule has 0 aromatic heterocycles. The number of para-hydroxylation sites is 2. The quantitative estimate of drug-likeness (QED) is 0.475. The first kappa shape index (κ1) is 15.2. The predicted molar refractivity (Wildman–Crippen MR) is 78.4 cm³/mol. The summed E-state index contributed by atoms with van der Waals surface area (Å²) >= 11 is 0. The van der Waals surface area contributed by atoms with Crippen molar-refractivity contribution in [2.45, 2.75) is 38.5 Å². The Morgan fingerprint density at radius 2 is 1.58 bits per heavy atom. The molecule has 0 fully saturated rings. The predicted octanol–water partition coefficient (Wildman–Crippen LogP) is 3.21. The van der Waals surface area contributed by atoms with Gasteiger partial charge in [0.1, 0.15) is 6.29 Å². The van der Waals surface area contributed by atoms with Crippen molar-refractivity contribution in [1.29, 1.82) is 0 Å². The lowest BCUT2D eigenvalue weighted by Crippen LogP contribution is -2.05. The molecule has 1 amide bonds. The van der Waals surface area contributed by atoms with Crippen LogP contribution < -0.4 is 10.6 Å². The van der Waals surface area contributed by atoms with Gasteiger partial charge in [-0.2, -0.15) is 0 Å². The third-order valence-electron chi connectivity index (χ3n) is 2.96. The van der Waals surface area contributed by atoms with E-state index in [0.29, 0.717) is 12.8 Å². The Balaban J connectivity index is 2.15. The molecule has 19 heavy (non-hydrogen) atoms. The lowest BCUT2D eigenvalue weighted by Gasteiger charge is -2.10. The highest BCUT2D eigenvalue weighted by Crippen LogP contribution is 2.20. The largest absolute Gasteiger partial charge is 0.383 e. The molecule has 1 aromatic rings. The molecule has 0 aliphatic heterocycles. The van der Waals surface area contributed by atoms with Crippen molar-refractivity contribution < 1.29 is 9.59 Å². The van der Waals surface area contributed by atoms with Crippen LogP contribution in [0.1, 0.15) is 38.5 Å². The van der Waals surface area contributed by atoms with Gasteiger partial charge >= 0.3 is 0 Å². The van der Waals surface area contributed by atoms with Crippen LogP contribution in [0.3, 0.4) is 0 Å². The summed E-state index contributed by atoms with van der Waals surface area (Å²) in [6.45, 7) is 0.894. The summed E-state index contributed by atoms with van der Waals surface area (Å²) in [5, 5.41) is 6.00. The van der Waals surface area contributed by atoms with Gasteiger partial charge in [-0.15, -0.1) is 0 Å². The summed E-state index contributed by atoms with van der Waals surface area (Å²) in [6, 6.07) is 7.66. The maximum absolute atomic E-state index is 10.5. The second kappa shape index (κ2) is 10.1. The van der Waals surface area contributed by atoms with Crippen molar-refractivity contribution in [2.24, 2.45) is 0 Å². The Kier molecular flexibility index (Phi) is 8.10. The summed E-state index contributed by atoms with van der Waals surface area (Å²) in [6.07, 6.45) is 7.91. The average Bonchev–Trinajstić information content (AvgIpc) is 2.44. The van der Waals surface area contributed by atoms with E-state index in [-0.39, 0.29) is 0 Å². The third kappa shape index (κ3) is 6.60. The van der Waals surface area contributed by atoms with Crippen LogP contribution >= 0.6 is 0 Å². The van der Waals surface area contributed by atoms with E-state index in [4.69, 9.17) is 0 Å². The monoisotopic (exact) mass is 262 g/mol. The first-order chi connectivity index (χ1) is 9.38. The molecule has 4 nitrogen and oxygen atoms in total. The van der Waals surface area contributed by atoms with Crippen molar-refractivity contribution in [3.63, 3.8) is 0 Å². The van der Waals surface area contributed by atoms with Crippen LogP contribution in [0.15, 0.2) is 24.3 Å². The average molecular weight is 262 g/mol. The molecule has 0 bridgehead atoms. The minimum atomic E-state index is 0.684. The van der Waals surface area contributed by atoms with Gasteiger partial charge < -0.3 is 15.4 Å². The van der Waals surface area contributed by atoms with Crippen LogP contribution in [0.2, 0.25) is 0 Å². The van der Waals surface area contributed by atoms with Crippen LogP contribution in [0, 0.1) is 0 Å². The fourth-order valence-electron chi connectivity index (χ4n) is 1.93. The highest BCUT2D eigenvalue weighted by molar-refractivity contribution is 5.80. The van der Waals surface area contributed by atoms with E-state index in [1.165, 1.54) is 6.42 Å². The second-order valence-electron chi connectivity index (χ2n) is 4.46. The van der Waals surface area contributed by atoms with Gasteiger partial charge in [0.15, 0.2) is 0 Å². The van der Waals surface area contributed by atoms with Crippen LogP contribution in [-0.2, 0) is 9.59 Å². The first-order valence-corrected chi connectivity index (χ1v) is 6.85. The molecule has 104 valence electrons. The first-order valence-electron chi connectivity index (χ1n) is 6.85. The van der Waals surface area contributed by atoms with E-state index in [2.05, 4.69) is 10.6 Å². The number of hydrogen-bond donors (Lipinski definition) is 2. The lowest BCUT2D eigenvalue weighted by atomic mass is 10.1.